The highest BCUT2D eigenvalue weighted by Crippen LogP contribution is 2.70. The van der Waals surface area contributed by atoms with Crippen LogP contribution in [0, 0.1) is 11.3 Å². The van der Waals surface area contributed by atoms with Crippen LogP contribution in [0.3, 0.4) is 0 Å². The maximum Gasteiger partial charge on any atom is 0.164 e. The van der Waals surface area contributed by atoms with Crippen LogP contribution in [0.5, 0.6) is 0 Å². The van der Waals surface area contributed by atoms with Gasteiger partial charge in [-0.25, -0.2) is 4.99 Å². The number of nitrogens with zero attached hydrogens (tertiary/aromatic N) is 2. The van der Waals surface area contributed by atoms with Crippen molar-refractivity contribution in [1.29, 1.82) is 5.26 Å². The second-order valence-electron chi connectivity index (χ2n) is 10.1. The van der Waals surface area contributed by atoms with E-state index in [0.717, 1.165) is 28.1 Å². The summed E-state index contributed by atoms with van der Waals surface area (Å²) in [5.74, 6) is 0. The molecule has 4 heteroatoms. The smallest absolute Gasteiger partial charge is 0.164 e. The highest BCUT2D eigenvalue weighted by Gasteiger charge is 2.52. The summed E-state index contributed by atoms with van der Waals surface area (Å²) in [6.07, 6.45) is 0. The number of rotatable bonds is 8. The van der Waals surface area contributed by atoms with E-state index in [1.165, 1.54) is 15.9 Å². The summed E-state index contributed by atoms with van der Waals surface area (Å²) in [4.78, 5) is 5.39. The van der Waals surface area contributed by atoms with Crippen LogP contribution in [0.4, 0.5) is 5.69 Å². The molecule has 6 aromatic carbocycles. The molecule has 0 spiro atoms. The van der Waals surface area contributed by atoms with E-state index >= 15 is 0 Å². The van der Waals surface area contributed by atoms with Crippen LogP contribution in [-0.4, -0.2) is 5.71 Å². The van der Waals surface area contributed by atoms with Gasteiger partial charge in [-0.05, 0) is 70.5 Å². The molecular weight excluding hydrogens is 607 g/mol. The number of halogens is 1. The molecule has 0 aliphatic carbocycles. The largest absolute Gasteiger partial charge is 0.247 e. The second kappa shape index (κ2) is 13.1. The Kier molecular flexibility index (Phi) is 8.71. The van der Waals surface area contributed by atoms with Crippen molar-refractivity contribution in [2.24, 2.45) is 4.99 Å². The lowest BCUT2D eigenvalue weighted by atomic mass is 10.0. The zero-order chi connectivity index (χ0) is 29.5. The van der Waals surface area contributed by atoms with E-state index in [4.69, 9.17) is 4.99 Å². The summed E-state index contributed by atoms with van der Waals surface area (Å²) in [6.45, 7) is 0. The molecule has 0 heterocycles. The first-order valence-electron chi connectivity index (χ1n) is 14.1. The monoisotopic (exact) mass is 635 g/mol. The fourth-order valence-electron chi connectivity index (χ4n) is 5.56. The Morgan fingerprint density at radius 2 is 0.953 bits per heavy atom. The normalized spacial score (nSPS) is 11.7. The molecule has 0 aliphatic heterocycles. The Morgan fingerprint density at radius 1 is 0.558 bits per heavy atom. The molecule has 6 aromatic rings. The lowest BCUT2D eigenvalue weighted by Crippen LogP contribution is -2.33. The van der Waals surface area contributed by atoms with Crippen molar-refractivity contribution in [3.8, 4) is 6.07 Å². The molecule has 2 nitrogen and oxygen atoms in total. The average Bonchev–Trinajstić information content (AvgIpc) is 3.10. The van der Waals surface area contributed by atoms with Gasteiger partial charge in [-0.3, -0.25) is 0 Å². The quantitative estimate of drug-likeness (QED) is 0.0933. The van der Waals surface area contributed by atoms with Crippen molar-refractivity contribution in [3.63, 3.8) is 0 Å². The minimum absolute atomic E-state index is 0.174. The third-order valence-corrected chi connectivity index (χ3v) is 14.2. The summed E-state index contributed by atoms with van der Waals surface area (Å²) >= 11 is 4.31. The van der Waals surface area contributed by atoms with Crippen LogP contribution in [-0.2, 0) is 0 Å². The molecule has 0 amide bonds. The lowest BCUT2D eigenvalue weighted by molar-refractivity contribution is 1.31. The number of alkyl halides is 1. The van der Waals surface area contributed by atoms with Gasteiger partial charge < -0.3 is 0 Å². The van der Waals surface area contributed by atoms with E-state index in [2.05, 4.69) is 137 Å². The molecule has 206 valence electrons. The first kappa shape index (κ1) is 28.5. The molecule has 0 bridgehead atoms. The summed E-state index contributed by atoms with van der Waals surface area (Å²) in [5.41, 5.74) is 5.36. The van der Waals surface area contributed by atoms with Gasteiger partial charge in [0.1, 0.15) is 23.2 Å². The van der Waals surface area contributed by atoms with Crippen LogP contribution in [0.2, 0.25) is 0 Å². The number of hydrogen-bond acceptors (Lipinski definition) is 2. The number of benzene rings is 6. The van der Waals surface area contributed by atoms with Gasteiger partial charge in [0.05, 0.1) is 23.0 Å². The van der Waals surface area contributed by atoms with Crippen molar-refractivity contribution >= 4 is 50.5 Å². The zero-order valence-electron chi connectivity index (χ0n) is 23.5. The van der Waals surface area contributed by atoms with Crippen molar-refractivity contribution < 1.29 is 0 Å². The molecule has 0 N–H and O–H groups in total. The fourth-order valence-corrected chi connectivity index (χ4v) is 12.3. The predicted molar refractivity (Wildman–Crippen MR) is 186 cm³/mol. The Hall–Kier alpha value is -4.61. The highest BCUT2D eigenvalue weighted by molar-refractivity contribution is 9.10. The average molecular weight is 637 g/mol. The van der Waals surface area contributed by atoms with E-state index in [9.17, 15) is 5.26 Å². The van der Waals surface area contributed by atoms with E-state index in [-0.39, 0.29) is 4.57 Å². The maximum atomic E-state index is 10.0. The Labute approximate surface area is 262 Å². The predicted octanol–water partition coefficient (Wildman–Crippen LogP) is 9.11. The Balaban J connectivity index is 1.66. The van der Waals surface area contributed by atoms with Crippen LogP contribution in [0.15, 0.2) is 175 Å². The summed E-state index contributed by atoms with van der Waals surface area (Å²) in [5, 5.41) is 13.8. The second-order valence-corrected chi connectivity index (χ2v) is 15.3. The Bertz CT molecular complexity index is 1730. The summed E-state index contributed by atoms with van der Waals surface area (Å²) < 4.78 is -0.174. The van der Waals surface area contributed by atoms with Crippen LogP contribution < -0.4 is 15.9 Å². The highest BCUT2D eigenvalue weighted by atomic mass is 79.9. The van der Waals surface area contributed by atoms with Gasteiger partial charge >= 0.3 is 0 Å². The number of aliphatic imine (C=N–C) groups is 1. The fraction of sp³-hybridized carbons (Fsp3) is 0.0256. The third-order valence-electron chi connectivity index (χ3n) is 7.57. The van der Waals surface area contributed by atoms with E-state index in [1.807, 2.05) is 54.6 Å². The van der Waals surface area contributed by atoms with Gasteiger partial charge in [0.25, 0.3) is 0 Å². The minimum Gasteiger partial charge on any atom is -0.247 e. The molecule has 0 fully saturated rings. The standard InChI is InChI=1S/C39H29BrN2P/c40-39(43(33-20-10-3-11-21-33,34-22-12-4-13-23-34)35-24-14-5-15-25-35)36-28-30(29-41)26-27-37(36)42-38(31-16-6-1-7-17-31)32-18-8-2-9-19-32/h1-28,39H/q+1. The van der Waals surface area contributed by atoms with Gasteiger partial charge in [-0.2, -0.15) is 5.26 Å². The molecule has 6 rings (SSSR count). The van der Waals surface area contributed by atoms with Crippen LogP contribution >= 0.6 is 23.2 Å². The Morgan fingerprint density at radius 3 is 1.35 bits per heavy atom. The lowest BCUT2D eigenvalue weighted by Gasteiger charge is -2.32. The van der Waals surface area contributed by atoms with Crippen LogP contribution in [0.1, 0.15) is 26.8 Å². The van der Waals surface area contributed by atoms with Crippen molar-refractivity contribution in [3.05, 3.63) is 192 Å². The molecule has 1 unspecified atom stereocenters. The maximum absolute atomic E-state index is 10.0. The summed E-state index contributed by atoms with van der Waals surface area (Å²) in [7, 11) is -2.37. The molecule has 1 atom stereocenters. The van der Waals surface area contributed by atoms with Crippen molar-refractivity contribution in [2.45, 2.75) is 4.57 Å². The molecular formula is C39H29BrN2P+. The van der Waals surface area contributed by atoms with Gasteiger partial charge in [-0.15, -0.1) is 0 Å². The zero-order valence-corrected chi connectivity index (χ0v) is 25.9. The van der Waals surface area contributed by atoms with Crippen molar-refractivity contribution in [2.75, 3.05) is 0 Å². The first-order valence-corrected chi connectivity index (χ1v) is 16.9. The SMILES string of the molecule is N#Cc1ccc(N=C(c2ccccc2)c2ccccc2)c(C(Br)[P+](c2ccccc2)(c2ccccc2)c2ccccc2)c1. The van der Waals surface area contributed by atoms with Gasteiger partial charge in [0, 0.05) is 16.7 Å². The molecule has 0 saturated heterocycles. The van der Waals surface area contributed by atoms with Gasteiger partial charge in [-0.1, -0.05) is 115 Å². The van der Waals surface area contributed by atoms with E-state index < -0.39 is 7.26 Å². The van der Waals surface area contributed by atoms with E-state index in [0.29, 0.717) is 5.56 Å². The summed E-state index contributed by atoms with van der Waals surface area (Å²) in [6, 6.07) is 61.1. The number of nitriles is 1. The molecule has 0 saturated carbocycles. The molecule has 0 radical (unpaired) electrons. The van der Waals surface area contributed by atoms with Crippen molar-refractivity contribution in [1.82, 2.24) is 0 Å². The van der Waals surface area contributed by atoms with Gasteiger partial charge in [0.15, 0.2) is 4.57 Å². The first-order chi connectivity index (χ1) is 21.2. The topological polar surface area (TPSA) is 36.1 Å². The molecule has 43 heavy (non-hydrogen) atoms. The molecule has 0 aromatic heterocycles. The molecule has 0 aliphatic rings. The third kappa shape index (κ3) is 5.73. The number of hydrogen-bond donors (Lipinski definition) is 0. The minimum atomic E-state index is -2.37. The van der Waals surface area contributed by atoms with Gasteiger partial charge in [0.2, 0.25) is 0 Å². The van der Waals surface area contributed by atoms with E-state index in [1.54, 1.807) is 0 Å². The van der Waals surface area contributed by atoms with Crippen LogP contribution in [0.25, 0.3) is 0 Å².